The maximum Gasteiger partial charge on any atom is 0.488 e. The number of hydrogen-bond acceptors (Lipinski definition) is 11. The SMILES string of the molecule is CCNC(=O)C[C@@H]1N=C(c2ccc(C)cc2)c2cc(OCCOCCOCCOCCNC(=O)c3ccc(B(O)O)cc3)ccc2-n2c(C)nnc21. The number of hydrogen-bond donors (Lipinski definition) is 4. The van der Waals surface area contributed by atoms with Crippen molar-refractivity contribution in [2.45, 2.75) is 33.2 Å². The van der Waals surface area contributed by atoms with Gasteiger partial charge >= 0.3 is 7.12 Å². The summed E-state index contributed by atoms with van der Waals surface area (Å²) in [6, 6.07) is 19.5. The van der Waals surface area contributed by atoms with Crippen molar-refractivity contribution in [2.75, 3.05) is 59.3 Å². The Labute approximate surface area is 303 Å². The van der Waals surface area contributed by atoms with E-state index in [0.717, 1.165) is 28.1 Å². The van der Waals surface area contributed by atoms with Crippen LogP contribution in [0.4, 0.5) is 0 Å². The Balaban J connectivity index is 1.06. The molecule has 0 unspecified atom stereocenters. The van der Waals surface area contributed by atoms with Crippen LogP contribution in [0.25, 0.3) is 5.69 Å². The van der Waals surface area contributed by atoms with Gasteiger partial charge in [-0.05, 0) is 56.6 Å². The predicted molar refractivity (Wildman–Crippen MR) is 196 cm³/mol. The van der Waals surface area contributed by atoms with Gasteiger partial charge in [0.1, 0.15) is 24.2 Å². The molecule has 5 rings (SSSR count). The highest BCUT2D eigenvalue weighted by molar-refractivity contribution is 6.58. The van der Waals surface area contributed by atoms with Crippen molar-refractivity contribution >= 4 is 30.1 Å². The third kappa shape index (κ3) is 10.3. The minimum Gasteiger partial charge on any atom is -0.491 e. The number of aromatic nitrogens is 3. The van der Waals surface area contributed by atoms with E-state index in [4.69, 9.17) is 34.0 Å². The molecule has 2 amide bonds. The summed E-state index contributed by atoms with van der Waals surface area (Å²) in [7, 11) is -1.57. The van der Waals surface area contributed by atoms with Gasteiger partial charge in [-0.15, -0.1) is 10.2 Å². The van der Waals surface area contributed by atoms with E-state index in [0.29, 0.717) is 87.8 Å². The van der Waals surface area contributed by atoms with E-state index < -0.39 is 13.2 Å². The summed E-state index contributed by atoms with van der Waals surface area (Å²) < 4.78 is 24.8. The zero-order chi connectivity index (χ0) is 36.9. The second-order valence-electron chi connectivity index (χ2n) is 12.1. The van der Waals surface area contributed by atoms with E-state index in [1.54, 1.807) is 0 Å². The molecule has 4 aromatic rings. The number of nitrogens with one attached hydrogen (secondary N) is 2. The molecule has 15 heteroatoms. The standard InChI is InChI=1S/C37H45BN6O8/c1-4-39-34(45)24-32-36-43-42-26(3)44(36)33-14-13-30(23-31(33)35(41-32)27-7-5-25(2)6-8-27)52-22-21-51-20-19-50-18-17-49-16-15-40-37(46)28-9-11-29(12-10-28)38(47)48/h5-14,23,32,47-48H,4,15-22,24H2,1-3H3,(H,39,45)(H,40,46)/t32-/m0/s1. The lowest BCUT2D eigenvalue weighted by molar-refractivity contribution is -0.121. The molecular formula is C37H45BN6O8. The maximum atomic E-state index is 12.7. The van der Waals surface area contributed by atoms with E-state index in [2.05, 4.69) is 20.8 Å². The molecule has 0 radical (unpaired) electrons. The number of fused-ring (bicyclic) bond motifs is 3. The van der Waals surface area contributed by atoms with E-state index >= 15 is 0 Å². The first-order chi connectivity index (χ1) is 25.2. The highest BCUT2D eigenvalue weighted by Crippen LogP contribution is 2.34. The van der Waals surface area contributed by atoms with Gasteiger partial charge < -0.3 is 39.6 Å². The molecular weight excluding hydrogens is 667 g/mol. The Bertz CT molecular complexity index is 1810. The van der Waals surface area contributed by atoms with Gasteiger partial charge in [0.05, 0.1) is 57.5 Å². The first-order valence-electron chi connectivity index (χ1n) is 17.3. The van der Waals surface area contributed by atoms with Gasteiger partial charge in [-0.25, -0.2) is 0 Å². The predicted octanol–water partition coefficient (Wildman–Crippen LogP) is 1.84. The van der Waals surface area contributed by atoms with E-state index in [1.807, 2.05) is 67.8 Å². The van der Waals surface area contributed by atoms with Gasteiger partial charge in [0, 0.05) is 29.8 Å². The highest BCUT2D eigenvalue weighted by Gasteiger charge is 2.30. The third-order valence-corrected chi connectivity index (χ3v) is 8.22. The van der Waals surface area contributed by atoms with Crippen molar-refractivity contribution in [2.24, 2.45) is 4.99 Å². The van der Waals surface area contributed by atoms with Crippen molar-refractivity contribution in [1.82, 2.24) is 25.4 Å². The number of ether oxygens (including phenoxy) is 4. The molecule has 2 heterocycles. The molecule has 1 atom stereocenters. The number of aliphatic imine (C=N–C) groups is 1. The van der Waals surface area contributed by atoms with Crippen LogP contribution < -0.4 is 20.8 Å². The number of aryl methyl sites for hydroxylation is 2. The van der Waals surface area contributed by atoms with Crippen molar-refractivity contribution < 1.29 is 38.6 Å². The Kier molecular flexibility index (Phi) is 14.0. The number of nitrogens with zero attached hydrogens (tertiary/aromatic N) is 4. The van der Waals surface area contributed by atoms with Crippen LogP contribution in [0.3, 0.4) is 0 Å². The van der Waals surface area contributed by atoms with Gasteiger partial charge in [0.2, 0.25) is 5.91 Å². The van der Waals surface area contributed by atoms with Crippen LogP contribution in [0.15, 0.2) is 71.7 Å². The molecule has 1 aromatic heterocycles. The highest BCUT2D eigenvalue weighted by atomic mass is 16.6. The fourth-order valence-corrected chi connectivity index (χ4v) is 5.59. The zero-order valence-corrected chi connectivity index (χ0v) is 29.7. The second-order valence-corrected chi connectivity index (χ2v) is 12.1. The zero-order valence-electron chi connectivity index (χ0n) is 29.7. The Morgan fingerprint density at radius 1 is 0.827 bits per heavy atom. The number of carbonyl (C=O) groups excluding carboxylic acids is 2. The summed E-state index contributed by atoms with van der Waals surface area (Å²) in [4.78, 5) is 30.0. The third-order valence-electron chi connectivity index (χ3n) is 8.22. The summed E-state index contributed by atoms with van der Waals surface area (Å²) in [6.45, 7) is 9.23. The van der Waals surface area contributed by atoms with Crippen molar-refractivity contribution in [3.8, 4) is 11.4 Å². The molecule has 0 aliphatic carbocycles. The van der Waals surface area contributed by atoms with Crippen LogP contribution in [0.1, 0.15) is 58.1 Å². The summed E-state index contributed by atoms with van der Waals surface area (Å²) >= 11 is 0. The van der Waals surface area contributed by atoms with Crippen molar-refractivity contribution in [3.05, 3.63) is 101 Å². The van der Waals surface area contributed by atoms with Gasteiger partial charge in [0.25, 0.3) is 5.91 Å². The maximum absolute atomic E-state index is 12.7. The largest absolute Gasteiger partial charge is 0.491 e. The van der Waals surface area contributed by atoms with Gasteiger partial charge in [-0.2, -0.15) is 0 Å². The summed E-state index contributed by atoms with van der Waals surface area (Å²) in [5.74, 6) is 1.58. The van der Waals surface area contributed by atoms with Crippen molar-refractivity contribution in [3.63, 3.8) is 0 Å². The number of carbonyl (C=O) groups is 2. The molecule has 52 heavy (non-hydrogen) atoms. The molecule has 1 aliphatic rings. The molecule has 3 aromatic carbocycles. The fourth-order valence-electron chi connectivity index (χ4n) is 5.59. The monoisotopic (exact) mass is 712 g/mol. The molecule has 4 N–H and O–H groups in total. The lowest BCUT2D eigenvalue weighted by atomic mass is 9.80. The van der Waals surface area contributed by atoms with Crippen molar-refractivity contribution in [1.29, 1.82) is 0 Å². The van der Waals surface area contributed by atoms with Crippen LogP contribution in [0.5, 0.6) is 5.75 Å². The first-order valence-corrected chi connectivity index (χ1v) is 17.3. The molecule has 14 nitrogen and oxygen atoms in total. The fraction of sp³-hybridized carbons (Fsp3) is 0.378. The summed E-state index contributed by atoms with van der Waals surface area (Å²) in [5, 5.41) is 32.7. The van der Waals surface area contributed by atoms with E-state index in [1.165, 1.54) is 24.3 Å². The van der Waals surface area contributed by atoms with Crippen LogP contribution in [-0.4, -0.2) is 109 Å². The minimum atomic E-state index is -1.57. The van der Waals surface area contributed by atoms with Gasteiger partial charge in [-0.3, -0.25) is 19.1 Å². The van der Waals surface area contributed by atoms with E-state index in [-0.39, 0.29) is 18.2 Å². The Morgan fingerprint density at radius 2 is 1.50 bits per heavy atom. The molecule has 0 fully saturated rings. The first kappa shape index (κ1) is 38.3. The molecule has 0 saturated heterocycles. The normalized spacial score (nSPS) is 13.4. The topological polar surface area (TPSA) is 179 Å². The van der Waals surface area contributed by atoms with Gasteiger partial charge in [0.15, 0.2) is 5.82 Å². The van der Waals surface area contributed by atoms with Gasteiger partial charge in [-0.1, -0.05) is 42.0 Å². The number of amides is 2. The number of rotatable bonds is 19. The Morgan fingerprint density at radius 3 is 2.17 bits per heavy atom. The smallest absolute Gasteiger partial charge is 0.488 e. The average molecular weight is 713 g/mol. The molecule has 0 bridgehead atoms. The lowest BCUT2D eigenvalue weighted by Crippen LogP contribution is -2.31. The minimum absolute atomic E-state index is 0.106. The molecule has 1 aliphatic heterocycles. The van der Waals surface area contributed by atoms with Crippen LogP contribution in [-0.2, 0) is 19.0 Å². The second kappa shape index (κ2) is 19.1. The van der Waals surface area contributed by atoms with Crippen LogP contribution in [0, 0.1) is 13.8 Å². The molecule has 0 saturated carbocycles. The number of benzene rings is 3. The lowest BCUT2D eigenvalue weighted by Gasteiger charge is -2.15. The summed E-state index contributed by atoms with van der Waals surface area (Å²) in [5.41, 5.74) is 5.24. The summed E-state index contributed by atoms with van der Waals surface area (Å²) in [6.07, 6.45) is 0.143. The molecule has 0 spiro atoms. The quantitative estimate of drug-likeness (QED) is 0.0829. The van der Waals surface area contributed by atoms with Crippen LogP contribution >= 0.6 is 0 Å². The molecule has 274 valence electrons. The van der Waals surface area contributed by atoms with Crippen LogP contribution in [0.2, 0.25) is 0 Å². The average Bonchev–Trinajstić information content (AvgIpc) is 3.46. The van der Waals surface area contributed by atoms with E-state index in [9.17, 15) is 9.59 Å². The Hall–Kier alpha value is -4.93.